The summed E-state index contributed by atoms with van der Waals surface area (Å²) in [4.78, 5) is 11.5. The Morgan fingerprint density at radius 3 is 2.61 bits per heavy atom. The average Bonchev–Trinajstić information content (AvgIpc) is 2.28. The molecule has 0 atom stereocenters. The minimum Gasteiger partial charge on any atom is -0.367 e. The first kappa shape index (κ1) is 14.6. The Kier molecular flexibility index (Phi) is 4.84. The number of halogens is 4. The smallest absolute Gasteiger partial charge is 0.330 e. The quantitative estimate of drug-likeness (QED) is 0.583. The number of benzene rings is 1. The summed E-state index contributed by atoms with van der Waals surface area (Å²) in [5.74, 6) is -4.75. The maximum absolute atomic E-state index is 12.5. The van der Waals surface area contributed by atoms with Crippen molar-refractivity contribution in [3.05, 3.63) is 35.4 Å². The maximum Gasteiger partial charge on any atom is 0.330 e. The van der Waals surface area contributed by atoms with Crippen molar-refractivity contribution in [1.82, 2.24) is 0 Å². The van der Waals surface area contributed by atoms with Crippen LogP contribution in [0.2, 0.25) is 0 Å². The van der Waals surface area contributed by atoms with E-state index in [1.54, 1.807) is 25.1 Å². The lowest BCUT2D eigenvalue weighted by Gasteiger charge is -2.14. The van der Waals surface area contributed by atoms with E-state index < -0.39 is 31.3 Å². The van der Waals surface area contributed by atoms with Gasteiger partial charge in [-0.1, -0.05) is 23.8 Å². The van der Waals surface area contributed by atoms with E-state index in [1.165, 1.54) is 6.07 Å². The molecule has 1 aromatic carbocycles. The van der Waals surface area contributed by atoms with Crippen LogP contribution in [0.1, 0.15) is 15.9 Å². The molecule has 0 heterocycles. The molecule has 0 amide bonds. The highest BCUT2D eigenvalue weighted by Gasteiger charge is 2.41. The first-order valence-electron chi connectivity index (χ1n) is 5.16. The summed E-state index contributed by atoms with van der Waals surface area (Å²) < 4.78 is 52.9. The van der Waals surface area contributed by atoms with E-state index >= 15 is 0 Å². The number of hydrogen-bond donors (Lipinski definition) is 0. The Morgan fingerprint density at radius 1 is 1.39 bits per heavy atom. The Bertz CT molecular complexity index is 418. The van der Waals surface area contributed by atoms with Gasteiger partial charge in [0.2, 0.25) is 0 Å². The van der Waals surface area contributed by atoms with Gasteiger partial charge in [0.25, 0.3) is 0 Å². The monoisotopic (exact) mass is 264 g/mol. The van der Waals surface area contributed by atoms with E-state index in [0.29, 0.717) is 5.56 Å². The lowest BCUT2D eigenvalue weighted by Crippen LogP contribution is -2.33. The molecule has 0 radical (unpaired) electrons. The third kappa shape index (κ3) is 4.10. The van der Waals surface area contributed by atoms with E-state index in [0.717, 1.165) is 5.56 Å². The van der Waals surface area contributed by atoms with Crippen molar-refractivity contribution < 1.29 is 27.1 Å². The van der Waals surface area contributed by atoms with Gasteiger partial charge in [-0.3, -0.25) is 4.79 Å². The number of ether oxygens (including phenoxy) is 1. The Balaban J connectivity index is 2.48. The number of carbonyl (C=O) groups excluding carboxylic acids is 1. The molecule has 1 rings (SSSR count). The van der Waals surface area contributed by atoms with Crippen molar-refractivity contribution in [2.75, 3.05) is 13.2 Å². The fraction of sp³-hybridized carbons (Fsp3) is 0.417. The normalized spacial score (nSPS) is 11.9. The number of alkyl halides is 4. The van der Waals surface area contributed by atoms with E-state index in [-0.39, 0.29) is 0 Å². The van der Waals surface area contributed by atoms with Crippen molar-refractivity contribution in [2.24, 2.45) is 0 Å². The molecule has 18 heavy (non-hydrogen) atoms. The molecule has 2 nitrogen and oxygen atoms in total. The second kappa shape index (κ2) is 5.95. The summed E-state index contributed by atoms with van der Waals surface area (Å²) in [7, 11) is 0. The van der Waals surface area contributed by atoms with Crippen molar-refractivity contribution in [2.45, 2.75) is 19.3 Å². The number of Topliss-reactive ketones (excluding diaryl/α,β-unsaturated/α-hetero) is 1. The summed E-state index contributed by atoms with van der Waals surface area (Å²) in [5, 5.41) is 0. The van der Waals surface area contributed by atoms with Crippen molar-refractivity contribution >= 4 is 5.78 Å². The fourth-order valence-corrected chi connectivity index (χ4v) is 1.24. The number of ketones is 1. The van der Waals surface area contributed by atoms with Crippen molar-refractivity contribution in [1.29, 1.82) is 0 Å². The average molecular weight is 264 g/mol. The molecule has 0 aliphatic rings. The lowest BCUT2D eigenvalue weighted by atomic mass is 10.1. The van der Waals surface area contributed by atoms with Gasteiger partial charge in [0.1, 0.15) is 13.2 Å². The molecule has 1 aromatic rings. The SMILES string of the molecule is Cc1cccc(C(=O)COCC(F)(F)C(F)F)c1. The van der Waals surface area contributed by atoms with Gasteiger partial charge in [0.15, 0.2) is 5.78 Å². The van der Waals surface area contributed by atoms with Gasteiger partial charge in [-0.2, -0.15) is 8.78 Å². The zero-order chi connectivity index (χ0) is 13.8. The molecule has 0 aliphatic carbocycles. The molecular formula is C12H12F4O2. The van der Waals surface area contributed by atoms with Crippen LogP contribution in [0.25, 0.3) is 0 Å². The lowest BCUT2D eigenvalue weighted by molar-refractivity contribution is -0.163. The second-order valence-corrected chi connectivity index (χ2v) is 3.85. The fourth-order valence-electron chi connectivity index (χ4n) is 1.24. The molecule has 0 saturated heterocycles. The Labute approximate surface area is 102 Å². The van der Waals surface area contributed by atoms with E-state index in [1.807, 2.05) is 0 Å². The summed E-state index contributed by atoms with van der Waals surface area (Å²) in [6.45, 7) is -0.351. The third-order valence-electron chi connectivity index (χ3n) is 2.19. The molecule has 0 fully saturated rings. The van der Waals surface area contributed by atoms with Gasteiger partial charge in [-0.05, 0) is 13.0 Å². The third-order valence-corrected chi connectivity index (χ3v) is 2.19. The molecule has 0 aliphatic heterocycles. The van der Waals surface area contributed by atoms with Crippen LogP contribution in [0.4, 0.5) is 17.6 Å². The van der Waals surface area contributed by atoms with E-state index in [9.17, 15) is 22.4 Å². The van der Waals surface area contributed by atoms with Gasteiger partial charge in [-0.15, -0.1) is 0 Å². The van der Waals surface area contributed by atoms with Crippen LogP contribution in [0.15, 0.2) is 24.3 Å². The van der Waals surface area contributed by atoms with Crippen LogP contribution in [-0.2, 0) is 4.74 Å². The van der Waals surface area contributed by atoms with Crippen molar-refractivity contribution in [3.63, 3.8) is 0 Å². The number of carbonyl (C=O) groups is 1. The van der Waals surface area contributed by atoms with Crippen LogP contribution in [0.3, 0.4) is 0 Å². The number of aryl methyl sites for hydroxylation is 1. The second-order valence-electron chi connectivity index (χ2n) is 3.85. The molecule has 0 spiro atoms. The summed E-state index contributed by atoms with van der Waals surface area (Å²) in [6, 6.07) is 6.47. The predicted octanol–water partition coefficient (Wildman–Crippen LogP) is 3.09. The number of rotatable bonds is 6. The summed E-state index contributed by atoms with van der Waals surface area (Å²) in [5.41, 5.74) is 1.13. The first-order chi connectivity index (χ1) is 8.33. The zero-order valence-corrected chi connectivity index (χ0v) is 9.63. The molecule has 0 unspecified atom stereocenters. The highest BCUT2D eigenvalue weighted by atomic mass is 19.3. The molecule has 0 saturated carbocycles. The standard InChI is InChI=1S/C12H12F4O2/c1-8-3-2-4-9(5-8)10(17)6-18-7-12(15,16)11(13)14/h2-5,11H,6-7H2,1H3. The molecule has 6 heteroatoms. The van der Waals surface area contributed by atoms with Crippen LogP contribution in [-0.4, -0.2) is 31.3 Å². The topological polar surface area (TPSA) is 26.3 Å². The largest absolute Gasteiger partial charge is 0.367 e. The Morgan fingerprint density at radius 2 is 2.06 bits per heavy atom. The van der Waals surface area contributed by atoms with Crippen LogP contribution < -0.4 is 0 Å². The molecular weight excluding hydrogens is 252 g/mol. The van der Waals surface area contributed by atoms with Gasteiger partial charge >= 0.3 is 12.3 Å². The van der Waals surface area contributed by atoms with Crippen LogP contribution in [0.5, 0.6) is 0 Å². The van der Waals surface area contributed by atoms with Gasteiger partial charge < -0.3 is 4.74 Å². The highest BCUT2D eigenvalue weighted by Crippen LogP contribution is 2.22. The van der Waals surface area contributed by atoms with Crippen LogP contribution >= 0.6 is 0 Å². The van der Waals surface area contributed by atoms with Gasteiger partial charge in [0.05, 0.1) is 0 Å². The first-order valence-corrected chi connectivity index (χ1v) is 5.16. The molecule has 0 N–H and O–H groups in total. The van der Waals surface area contributed by atoms with Gasteiger partial charge in [-0.25, -0.2) is 8.78 Å². The molecule has 0 bridgehead atoms. The van der Waals surface area contributed by atoms with Gasteiger partial charge in [0, 0.05) is 5.56 Å². The van der Waals surface area contributed by atoms with Crippen molar-refractivity contribution in [3.8, 4) is 0 Å². The minimum atomic E-state index is -4.23. The van der Waals surface area contributed by atoms with E-state index in [2.05, 4.69) is 4.74 Å². The van der Waals surface area contributed by atoms with Crippen LogP contribution in [0, 0.1) is 6.92 Å². The summed E-state index contributed by atoms with van der Waals surface area (Å²) >= 11 is 0. The predicted molar refractivity (Wildman–Crippen MR) is 57.3 cm³/mol. The highest BCUT2D eigenvalue weighted by molar-refractivity contribution is 5.97. The zero-order valence-electron chi connectivity index (χ0n) is 9.63. The Hall–Kier alpha value is -1.43. The number of hydrogen-bond acceptors (Lipinski definition) is 2. The molecule has 100 valence electrons. The maximum atomic E-state index is 12.5. The van der Waals surface area contributed by atoms with E-state index in [4.69, 9.17) is 0 Å². The molecule has 0 aromatic heterocycles. The summed E-state index contributed by atoms with van der Waals surface area (Å²) in [6.07, 6.45) is -3.80. The minimum absolute atomic E-state index is 0.301.